The summed E-state index contributed by atoms with van der Waals surface area (Å²) in [7, 11) is -3.81. The summed E-state index contributed by atoms with van der Waals surface area (Å²) in [5.74, 6) is -0.338. The smallest absolute Gasteiger partial charge is 0.383 e. The third-order valence-electron chi connectivity index (χ3n) is 5.51. The van der Waals surface area contributed by atoms with Crippen molar-refractivity contribution in [1.82, 2.24) is 0 Å². The summed E-state index contributed by atoms with van der Waals surface area (Å²) >= 11 is 9.64. The lowest BCUT2D eigenvalue weighted by molar-refractivity contribution is -0.129. The molecule has 0 aliphatic rings. The molecule has 0 aliphatic carbocycles. The molecular formula is C25H50O11P4S4-2. The molecular weight excluding hydrogens is 728 g/mol. The van der Waals surface area contributed by atoms with E-state index in [0.717, 1.165) is 0 Å². The Bertz CT molecular complexity index is 1110. The van der Waals surface area contributed by atoms with Crippen LogP contribution in [0.25, 0.3) is 0 Å². The first-order valence-corrected chi connectivity index (χ1v) is 24.0. The Labute approximate surface area is 281 Å². The Hall–Kier alpha value is 0.970. The average molecular weight is 779 g/mol. The van der Waals surface area contributed by atoms with E-state index in [1.54, 1.807) is 20.8 Å². The normalized spacial score (nSPS) is 15.8. The molecule has 19 heteroatoms. The van der Waals surface area contributed by atoms with Crippen LogP contribution in [-0.2, 0) is 89.8 Å². The fourth-order valence-corrected chi connectivity index (χ4v) is 10.1. The fourth-order valence-electron chi connectivity index (χ4n) is 3.08. The molecule has 0 spiro atoms. The zero-order chi connectivity index (χ0) is 34.5. The summed E-state index contributed by atoms with van der Waals surface area (Å²) in [6.45, 7) is 15.0. The van der Waals surface area contributed by atoms with E-state index >= 15 is 0 Å². The molecule has 0 bridgehead atoms. The molecule has 4 unspecified atom stereocenters. The van der Waals surface area contributed by atoms with Gasteiger partial charge in [0.15, 0.2) is 5.78 Å². The Kier molecular flexibility index (Phi) is 27.7. The number of hydrogen-bond donors (Lipinski definition) is 0. The Morgan fingerprint density at radius 3 is 1.57 bits per heavy atom. The lowest BCUT2D eigenvalue weighted by atomic mass is 10.0. The van der Waals surface area contributed by atoms with Crippen molar-refractivity contribution in [3.63, 3.8) is 0 Å². The van der Waals surface area contributed by atoms with Crippen LogP contribution in [0.2, 0.25) is 0 Å². The van der Waals surface area contributed by atoms with Gasteiger partial charge in [0.2, 0.25) is 0 Å². The van der Waals surface area contributed by atoms with Crippen LogP contribution in [0.4, 0.5) is 0 Å². The Balaban J connectivity index is 0. The van der Waals surface area contributed by atoms with Gasteiger partial charge in [-0.25, -0.2) is 47.5 Å². The third-order valence-corrected chi connectivity index (χ3v) is 12.6. The van der Waals surface area contributed by atoms with E-state index in [-0.39, 0.29) is 61.7 Å². The SMILES string of the molecule is CCCOP(=O)(OC(CC)C(=O)C(C)C)O[S-](=P)=S.CCCOP(=O)(OC(CC)CCC(=O)CCC(=O)C(C)C)O[S-](=P)=S. The largest absolute Gasteiger partial charge is 0.456 e. The maximum Gasteiger partial charge on any atom is 0.456 e. The maximum atomic E-state index is 12.6. The van der Waals surface area contributed by atoms with Gasteiger partial charge < -0.3 is 7.94 Å². The van der Waals surface area contributed by atoms with E-state index in [0.29, 0.717) is 32.1 Å². The summed E-state index contributed by atoms with van der Waals surface area (Å²) in [5.41, 5.74) is 0. The van der Waals surface area contributed by atoms with Crippen molar-refractivity contribution in [2.75, 3.05) is 13.2 Å². The van der Waals surface area contributed by atoms with Gasteiger partial charge in [-0.05, 0) is 32.1 Å². The number of hydrogen-bond acceptors (Lipinski definition) is 15. The zero-order valence-corrected chi connectivity index (χ0v) is 34.0. The molecule has 0 aliphatic heterocycles. The highest BCUT2D eigenvalue weighted by molar-refractivity contribution is 8.37. The van der Waals surface area contributed by atoms with Crippen LogP contribution >= 0.6 is 31.7 Å². The van der Waals surface area contributed by atoms with E-state index in [4.69, 9.17) is 48.4 Å². The molecule has 0 aromatic heterocycles. The van der Waals surface area contributed by atoms with Crippen molar-refractivity contribution >= 4 is 89.2 Å². The highest BCUT2D eigenvalue weighted by Gasteiger charge is 2.32. The topological polar surface area (TPSA) is 141 Å². The molecule has 0 saturated carbocycles. The molecule has 4 atom stereocenters. The van der Waals surface area contributed by atoms with Gasteiger partial charge >= 0.3 is 15.6 Å². The third kappa shape index (κ3) is 23.3. The quantitative estimate of drug-likeness (QED) is 0.0648. The van der Waals surface area contributed by atoms with E-state index < -0.39 is 45.7 Å². The fraction of sp³-hybridized carbons (Fsp3) is 0.880. The molecule has 0 heterocycles. The van der Waals surface area contributed by atoms with Gasteiger partial charge in [0, 0.05) is 31.1 Å². The number of ketones is 3. The summed E-state index contributed by atoms with van der Waals surface area (Å²) in [4.78, 5) is 35.4. The highest BCUT2D eigenvalue weighted by Crippen LogP contribution is 2.52. The van der Waals surface area contributed by atoms with Gasteiger partial charge in [-0.3, -0.25) is 50.3 Å². The van der Waals surface area contributed by atoms with Gasteiger partial charge in [-0.15, -0.1) is 0 Å². The number of carbonyl (C=O) groups is 3. The van der Waals surface area contributed by atoms with Crippen molar-refractivity contribution in [3.8, 4) is 0 Å². The highest BCUT2D eigenvalue weighted by atomic mass is 33.0. The molecule has 0 radical (unpaired) electrons. The zero-order valence-electron chi connectivity index (χ0n) is 26.9. The summed E-state index contributed by atoms with van der Waals surface area (Å²) in [5, 5.41) is 0. The molecule has 44 heavy (non-hydrogen) atoms. The van der Waals surface area contributed by atoms with Gasteiger partial charge in [0.25, 0.3) is 0 Å². The summed E-state index contributed by atoms with van der Waals surface area (Å²) in [6.07, 6.45) is 2.13. The lowest BCUT2D eigenvalue weighted by Crippen LogP contribution is -2.27. The van der Waals surface area contributed by atoms with Crippen molar-refractivity contribution in [2.24, 2.45) is 11.8 Å². The van der Waals surface area contributed by atoms with E-state index in [1.165, 1.54) is 0 Å². The molecule has 0 fully saturated rings. The monoisotopic (exact) mass is 778 g/mol. The number of phosphoric acid groups is 2. The number of rotatable bonds is 25. The second kappa shape index (κ2) is 25.9. The van der Waals surface area contributed by atoms with Crippen LogP contribution in [0.3, 0.4) is 0 Å². The van der Waals surface area contributed by atoms with E-state index in [2.05, 4.69) is 16.0 Å². The van der Waals surface area contributed by atoms with Crippen molar-refractivity contribution in [3.05, 3.63) is 0 Å². The minimum absolute atomic E-state index is 0.00980. The van der Waals surface area contributed by atoms with Gasteiger partial charge in [-0.2, -0.15) is 0 Å². The summed E-state index contributed by atoms with van der Waals surface area (Å²) in [6, 6.07) is 0. The van der Waals surface area contributed by atoms with Gasteiger partial charge in [0.05, 0.1) is 19.3 Å². The maximum absolute atomic E-state index is 12.6. The second-order valence-electron chi connectivity index (χ2n) is 10.1. The first kappa shape index (κ1) is 47.1. The van der Waals surface area contributed by atoms with Crippen LogP contribution in [0.1, 0.15) is 107 Å². The molecule has 0 amide bonds. The standard InChI is InChI=1S/C15H29O6P2S2.C10H21O5P2S2/c1-5-11-19-23(18,21-25(22)24)20-14(6-2)9-7-13(16)8-10-15(17)12(3)4;1-5-7-13-17(12,15-19(16)18)14-9(6-2)10(11)8(3)4/h12,14,22H,5-11H2,1-4H3;8-9,16H,5-7H2,1-4H3/q2*-1. The van der Waals surface area contributed by atoms with Crippen molar-refractivity contribution in [2.45, 2.75) is 119 Å². The molecule has 0 N–H and O–H groups in total. The molecule has 11 nitrogen and oxygen atoms in total. The summed E-state index contributed by atoms with van der Waals surface area (Å²) < 4.78 is 56.3. The Morgan fingerprint density at radius 1 is 0.727 bits per heavy atom. The van der Waals surface area contributed by atoms with Crippen molar-refractivity contribution < 1.29 is 49.5 Å². The van der Waals surface area contributed by atoms with Gasteiger partial charge in [0.1, 0.15) is 17.7 Å². The van der Waals surface area contributed by atoms with Crippen molar-refractivity contribution in [1.29, 1.82) is 0 Å². The minimum atomic E-state index is -3.82. The van der Waals surface area contributed by atoms with E-state index in [1.807, 2.05) is 34.6 Å². The first-order chi connectivity index (χ1) is 20.4. The van der Waals surface area contributed by atoms with Crippen LogP contribution in [-0.4, -0.2) is 42.8 Å². The van der Waals surface area contributed by atoms with E-state index in [9.17, 15) is 23.5 Å². The van der Waals surface area contributed by atoms with Crippen LogP contribution < -0.4 is 0 Å². The lowest BCUT2D eigenvalue weighted by Gasteiger charge is -2.25. The van der Waals surface area contributed by atoms with Crippen LogP contribution in [0, 0.1) is 11.8 Å². The second-order valence-corrected chi connectivity index (χ2v) is 20.7. The molecule has 0 aromatic rings. The number of phosphoric ester groups is 2. The number of Topliss-reactive ketones (excluding diaryl/α,β-unsaturated/α-hetero) is 3. The first-order valence-electron chi connectivity index (χ1n) is 14.5. The Morgan fingerprint density at radius 2 is 1.20 bits per heavy atom. The minimum Gasteiger partial charge on any atom is -0.383 e. The average Bonchev–Trinajstić information content (AvgIpc) is 2.93. The molecule has 0 aromatic carbocycles. The van der Waals surface area contributed by atoms with Gasteiger partial charge in [-0.1, -0.05) is 55.4 Å². The number of carbonyl (C=O) groups excluding carboxylic acids is 3. The predicted molar refractivity (Wildman–Crippen MR) is 189 cm³/mol. The van der Waals surface area contributed by atoms with Crippen LogP contribution in [0.5, 0.6) is 0 Å². The van der Waals surface area contributed by atoms with Crippen LogP contribution in [0.15, 0.2) is 0 Å². The molecule has 0 rings (SSSR count). The predicted octanol–water partition coefficient (Wildman–Crippen LogP) is 8.35. The molecule has 262 valence electrons. The molecule has 0 saturated heterocycles.